The van der Waals surface area contributed by atoms with Crippen molar-refractivity contribution < 1.29 is 261 Å². The van der Waals surface area contributed by atoms with E-state index in [4.69, 9.17) is 85.3 Å². The number of carbonyl (C=O) groups is 5. The monoisotopic (exact) mass is 1810 g/mol. The maximum absolute atomic E-state index is 16.3. The number of methoxy groups -OCH3 is 1. The van der Waals surface area contributed by atoms with Crippen LogP contribution in [-0.4, -0.2) is 533 Å². The topological polar surface area (TPSA) is 854 Å². The number of aliphatic hydroxyl groups is 26. The van der Waals surface area contributed by atoms with E-state index in [0.717, 1.165) is 27.9 Å². The largest absolute Gasteiger partial charge is 0.477 e. The van der Waals surface area contributed by atoms with Crippen molar-refractivity contribution in [3.8, 4) is 0 Å². The first-order valence-electron chi connectivity index (χ1n) is 38.3. The van der Waals surface area contributed by atoms with Crippen LogP contribution in [0.15, 0.2) is 0 Å². The Labute approximate surface area is 692 Å². The van der Waals surface area contributed by atoms with E-state index >= 15 is 8.78 Å². The van der Waals surface area contributed by atoms with Crippen molar-refractivity contribution in [2.45, 2.75) is 321 Å². The van der Waals surface area contributed by atoms with Crippen LogP contribution in [0.3, 0.4) is 0 Å². The minimum atomic E-state index is -3.77. The highest BCUT2D eigenvalue weighted by molar-refractivity contribution is 5.78. The number of amides is 3. The second-order valence-electron chi connectivity index (χ2n) is 30.5. The normalized spacial score (nSPS) is 47.3. The number of halogens is 2. The summed E-state index contributed by atoms with van der Waals surface area (Å²) in [5.41, 5.74) is 0. The van der Waals surface area contributed by atoms with Gasteiger partial charge in [-0.2, -0.15) is 0 Å². The van der Waals surface area contributed by atoms with Gasteiger partial charge in [-0.1, -0.05) is 0 Å². The van der Waals surface area contributed by atoms with E-state index in [1.54, 1.807) is 0 Å². The number of rotatable bonds is 35. The molecule has 0 spiro atoms. The summed E-state index contributed by atoms with van der Waals surface area (Å²) < 4.78 is 135. The summed E-state index contributed by atoms with van der Waals surface area (Å²) in [4.78, 5) is 62.8. The summed E-state index contributed by atoms with van der Waals surface area (Å²) >= 11 is 0. The summed E-state index contributed by atoms with van der Waals surface area (Å²) in [6, 6.07) is -6.11. The first-order chi connectivity index (χ1) is 57.9. The van der Waals surface area contributed by atoms with Crippen LogP contribution in [0.25, 0.3) is 0 Å². The lowest BCUT2D eigenvalue weighted by molar-refractivity contribution is -0.392. The predicted octanol–water partition coefficient (Wildman–Crippen LogP) is -20.2. The van der Waals surface area contributed by atoms with E-state index in [1.165, 1.54) is 0 Å². The Morgan fingerprint density at radius 1 is 0.374 bits per heavy atom. The average Bonchev–Trinajstić information content (AvgIpc) is 0.746. The number of alkyl halides is 2. The molecular formula is C67H109F2N3O51. The molecule has 712 valence electrons. The molecule has 0 bridgehead atoms. The van der Waals surface area contributed by atoms with Crippen molar-refractivity contribution in [3.63, 3.8) is 0 Å². The molecule has 3 amide bonds. The van der Waals surface area contributed by atoms with E-state index in [1.807, 2.05) is 10.6 Å². The van der Waals surface area contributed by atoms with Crippen molar-refractivity contribution in [3.05, 3.63) is 0 Å². The van der Waals surface area contributed by atoms with Gasteiger partial charge in [0.05, 0.1) is 77.6 Å². The molecule has 56 heteroatoms. The number of aliphatic carboxylic acids is 2. The van der Waals surface area contributed by atoms with Crippen molar-refractivity contribution in [2.75, 3.05) is 66.6 Å². The Morgan fingerprint density at radius 3 is 1.16 bits per heavy atom. The minimum Gasteiger partial charge on any atom is -0.477 e. The van der Waals surface area contributed by atoms with Gasteiger partial charge in [0.25, 0.3) is 0 Å². The maximum atomic E-state index is 16.3. The number of carbonyl (C=O) groups excluding carboxylic acids is 3. The lowest BCUT2D eigenvalue weighted by Crippen LogP contribution is -2.73. The Kier molecular flexibility index (Phi) is 36.1. The van der Waals surface area contributed by atoms with Crippen LogP contribution in [0.5, 0.6) is 0 Å². The van der Waals surface area contributed by atoms with E-state index in [9.17, 15) is 167 Å². The first kappa shape index (κ1) is 102. The van der Waals surface area contributed by atoms with Gasteiger partial charge in [0.2, 0.25) is 17.7 Å². The third kappa shape index (κ3) is 21.7. The Bertz CT molecular complexity index is 3390. The fraction of sp³-hybridized carbons (Fsp3) is 0.925. The molecular weight excluding hydrogens is 1700 g/mol. The second kappa shape index (κ2) is 43.5. The number of ether oxygens (including phenoxy) is 18. The summed E-state index contributed by atoms with van der Waals surface area (Å²) in [7, 11) is 0.973. The van der Waals surface area contributed by atoms with Gasteiger partial charge in [0.1, 0.15) is 207 Å². The van der Waals surface area contributed by atoms with E-state index in [-0.39, 0.29) is 0 Å². The zero-order valence-corrected chi connectivity index (χ0v) is 65.3. The molecule has 123 heavy (non-hydrogen) atoms. The van der Waals surface area contributed by atoms with Gasteiger partial charge in [-0.05, 0) is 0 Å². The zero-order chi connectivity index (χ0) is 91.4. The molecule has 0 aromatic heterocycles. The number of nitrogens with one attached hydrogen (secondary N) is 3. The zero-order valence-electron chi connectivity index (χ0n) is 65.3. The van der Waals surface area contributed by atoms with Crippen molar-refractivity contribution in [1.82, 2.24) is 16.0 Å². The standard InChI is InChI=1S/C67H109F2N3O51/c1-15(79)70-29-40(93)56(68)66(64(102)103,122-51(29)32(85)19(83)6-73)108-13-26-36(89)42(95)46(99)60(115-26)118-49-18(82)5-28(110-23(49)10-77)117-54-44(97)34(87)21(8-75)111-62(54)107-12-25-38(91)53(48(101)59(106-4)114-25)120-63-55(45(98)35(88)22(9-76)112-63)121-58-31(72-17(3)81)39(92)50(24(11-78)113-58)119-61-47(100)43(96)37(90)27(116-61)14-109-67(65(104)105)57(69)41(94)30(71-16(2)80)52(123-67)33(86)20(84)7-74/h18-63,73-78,82-101H,5-14H2,1-4H3,(H,70,79)(H,71,80)(H,72,81)(H,102,103)(H,104,105)/t18-,19-,20-,21?,22+,23?,24?,25?,26?,27?,28+,29-,30-,31?,32-,33-,34-,35-,36+,37+,38-,39-,40+,41+,42+,43+,44+,45?,46?,47?,48?,49+,50-,51?,52?,53+,54?,55?,56?,57?,58+,59-,60+,61+,62+,63-,66-,67-/m1/s1. The number of carboxylic acid groups (broad SMARTS) is 2. The lowest BCUT2D eigenvalue weighted by atomic mass is 9.87. The summed E-state index contributed by atoms with van der Waals surface area (Å²) in [6.45, 7) is -8.25. The van der Waals surface area contributed by atoms with Crippen LogP contribution >= 0.6 is 0 Å². The minimum absolute atomic E-state index is 0.793. The Morgan fingerprint density at radius 2 is 0.740 bits per heavy atom. The van der Waals surface area contributed by atoms with Crippen LogP contribution in [0.4, 0.5) is 8.78 Å². The molecule has 9 aliphatic heterocycles. The number of aliphatic hydroxyl groups excluding tert-OH is 26. The molecule has 0 aliphatic carbocycles. The van der Waals surface area contributed by atoms with Gasteiger partial charge in [-0.3, -0.25) is 14.4 Å². The van der Waals surface area contributed by atoms with Gasteiger partial charge in [-0.25, -0.2) is 18.4 Å². The van der Waals surface area contributed by atoms with Crippen LogP contribution < -0.4 is 16.0 Å². The molecule has 9 aliphatic rings. The van der Waals surface area contributed by atoms with Crippen molar-refractivity contribution >= 4 is 29.7 Å². The third-order valence-electron chi connectivity index (χ3n) is 22.2. The van der Waals surface area contributed by atoms with E-state index in [0.29, 0.717) is 0 Å². The molecule has 9 rings (SSSR count). The number of hydrogen-bond acceptors (Lipinski definition) is 49. The maximum Gasteiger partial charge on any atom is 0.367 e. The summed E-state index contributed by atoms with van der Waals surface area (Å²) in [5, 5.41) is 312. The molecule has 9 heterocycles. The van der Waals surface area contributed by atoms with E-state index < -0.39 is 389 Å². The summed E-state index contributed by atoms with van der Waals surface area (Å²) in [5.74, 6) is -15.3. The third-order valence-corrected chi connectivity index (χ3v) is 22.2. The molecule has 48 atom stereocenters. The molecule has 0 aromatic rings. The molecule has 0 radical (unpaired) electrons. The van der Waals surface area contributed by atoms with Gasteiger partial charge in [-0.15, -0.1) is 0 Å². The molecule has 31 N–H and O–H groups in total. The summed E-state index contributed by atoms with van der Waals surface area (Å²) in [6.07, 6.45) is -96.8. The SMILES string of the molecule is CO[C@@H]1OC(CO[C@H]2OC(CO)[C@@H](O)[C@H](O)C2O[C@H]2C[C@@H](O)[C@H](O[C@@H]3OC(CO[C@@]4(C(=O)O)OC([C@H](O)[C@H](O)CO)[C@H](NC(C)=O)[C@H](O)C4F)[C@H](O)[C@H](O)C3O)C(CO)O2)[C@@H](O)[C@H](O[C@H]2O[C@@H](CO)[C@@H](O)C(O)C2O[C@@H]2OC(CO)[C@@H](O[C@@H]3OC(CO[C@@]4(C(=O)O)OC([C@H](O)[C@H](O)CO)[C@H](NC(C)=O)[C@H](O)C4F)[C@H](O)[C@H](O)C3O)[C@H](O)C2NC(C)=O)C1O. The average molecular weight is 1810 g/mol. The lowest BCUT2D eigenvalue weighted by Gasteiger charge is -2.50. The van der Waals surface area contributed by atoms with Crippen LogP contribution in [0, 0.1) is 0 Å². The molecule has 0 aromatic carbocycles. The fourth-order valence-electron chi connectivity index (χ4n) is 15.4. The van der Waals surface area contributed by atoms with Crippen LogP contribution in [0.2, 0.25) is 0 Å². The second-order valence-corrected chi connectivity index (χ2v) is 30.5. The van der Waals surface area contributed by atoms with Gasteiger partial charge in [0, 0.05) is 34.3 Å². The van der Waals surface area contributed by atoms with Crippen molar-refractivity contribution in [1.29, 1.82) is 0 Å². The molecule has 0 saturated carbocycles. The molecule has 54 nitrogen and oxygen atoms in total. The molecule has 9 fully saturated rings. The first-order valence-corrected chi connectivity index (χ1v) is 38.3. The van der Waals surface area contributed by atoms with E-state index in [2.05, 4.69) is 5.32 Å². The highest BCUT2D eigenvalue weighted by atomic mass is 19.1. The predicted molar refractivity (Wildman–Crippen MR) is 370 cm³/mol. The van der Waals surface area contributed by atoms with Gasteiger partial charge < -0.3 is 244 Å². The number of carboxylic acids is 2. The fourth-order valence-corrected chi connectivity index (χ4v) is 15.4. The quantitative estimate of drug-likeness (QED) is 0.0280. The highest BCUT2D eigenvalue weighted by Crippen LogP contribution is 2.43. The van der Waals surface area contributed by atoms with Crippen molar-refractivity contribution in [2.24, 2.45) is 0 Å². The van der Waals surface area contributed by atoms with Crippen LogP contribution in [-0.2, 0) is 109 Å². The Hall–Kier alpha value is -4.55. The highest BCUT2D eigenvalue weighted by Gasteiger charge is 2.67. The number of hydrogen-bond donors (Lipinski definition) is 31. The van der Waals surface area contributed by atoms with Gasteiger partial charge in [0.15, 0.2) is 56.4 Å². The van der Waals surface area contributed by atoms with Crippen LogP contribution in [0.1, 0.15) is 27.2 Å². The van der Waals surface area contributed by atoms with Gasteiger partial charge >= 0.3 is 23.5 Å². The molecule has 9 saturated heterocycles. The Balaban J connectivity index is 0.878. The molecule has 17 unspecified atom stereocenters. The smallest absolute Gasteiger partial charge is 0.367 e.